The summed E-state index contributed by atoms with van der Waals surface area (Å²) in [6.45, 7) is 3.81. The average molecular weight is 300 g/mol. The molecule has 2 rings (SSSR count). The monoisotopic (exact) mass is 300 g/mol. The van der Waals surface area contributed by atoms with E-state index >= 15 is 0 Å². The molecule has 2 fully saturated rings. The highest BCUT2D eigenvalue weighted by Crippen LogP contribution is 2.32. The normalized spacial score (nSPS) is 29.8. The summed E-state index contributed by atoms with van der Waals surface area (Å²) in [4.78, 5) is 39.0. The summed E-state index contributed by atoms with van der Waals surface area (Å²) in [5.74, 6) is -0.177. The van der Waals surface area contributed by atoms with Crippen LogP contribution in [-0.2, 0) is 14.4 Å². The van der Waals surface area contributed by atoms with E-state index in [1.54, 1.807) is 18.7 Å². The Morgan fingerprint density at radius 2 is 2.10 bits per heavy atom. The summed E-state index contributed by atoms with van der Waals surface area (Å²) in [5.41, 5.74) is -1.13. The van der Waals surface area contributed by atoms with E-state index in [0.717, 1.165) is 0 Å². The van der Waals surface area contributed by atoms with Gasteiger partial charge in [0.1, 0.15) is 11.6 Å². The third kappa shape index (κ3) is 2.39. The number of amides is 2. The van der Waals surface area contributed by atoms with Gasteiger partial charge in [-0.2, -0.15) is 0 Å². The molecule has 0 aromatic heterocycles. The summed E-state index contributed by atoms with van der Waals surface area (Å²) in [5, 5.41) is 9.38. The molecular formula is C13H20N2O4S. The standard InChI is InChI=1S/C13H20N2O4S/c1-3-10(16)14-8-20-7-9(14)11(17)15-6-4-5-13(15,2)12(18)19/h9H,3-8H2,1-2H3,(H,18,19). The highest BCUT2D eigenvalue weighted by atomic mass is 32.2. The number of likely N-dealkylation sites (tertiary alicyclic amines) is 1. The van der Waals surface area contributed by atoms with Crippen LogP contribution in [0.2, 0.25) is 0 Å². The number of hydrogen-bond donors (Lipinski definition) is 1. The summed E-state index contributed by atoms with van der Waals surface area (Å²) in [6, 6.07) is -0.510. The highest BCUT2D eigenvalue weighted by Gasteiger charge is 2.49. The van der Waals surface area contributed by atoms with E-state index in [0.29, 0.717) is 37.4 Å². The average Bonchev–Trinajstić information content (AvgIpc) is 3.04. The van der Waals surface area contributed by atoms with Crippen molar-refractivity contribution in [1.29, 1.82) is 0 Å². The van der Waals surface area contributed by atoms with Crippen LogP contribution in [-0.4, -0.2) is 62.4 Å². The first kappa shape index (κ1) is 15.2. The predicted octanol–water partition coefficient (Wildman–Crippen LogP) is 0.764. The van der Waals surface area contributed by atoms with Crippen LogP contribution in [0.5, 0.6) is 0 Å². The molecular weight excluding hydrogens is 280 g/mol. The first-order chi connectivity index (χ1) is 9.41. The lowest BCUT2D eigenvalue weighted by Crippen LogP contribution is -2.57. The lowest BCUT2D eigenvalue weighted by atomic mass is 9.98. The minimum atomic E-state index is -1.13. The van der Waals surface area contributed by atoms with E-state index in [9.17, 15) is 19.5 Å². The molecule has 2 saturated heterocycles. The number of carbonyl (C=O) groups is 3. The van der Waals surface area contributed by atoms with E-state index in [1.165, 1.54) is 16.7 Å². The quantitative estimate of drug-likeness (QED) is 0.832. The third-order valence-electron chi connectivity index (χ3n) is 4.16. The molecule has 0 aromatic rings. The molecule has 2 amide bonds. The Morgan fingerprint density at radius 3 is 2.70 bits per heavy atom. The zero-order valence-corrected chi connectivity index (χ0v) is 12.6. The number of carboxylic acids is 1. The first-order valence-electron chi connectivity index (χ1n) is 6.84. The van der Waals surface area contributed by atoms with E-state index in [1.807, 2.05) is 0 Å². The van der Waals surface area contributed by atoms with Gasteiger partial charge < -0.3 is 14.9 Å². The third-order valence-corrected chi connectivity index (χ3v) is 5.17. The van der Waals surface area contributed by atoms with Crippen LogP contribution in [0.25, 0.3) is 0 Å². The summed E-state index contributed by atoms with van der Waals surface area (Å²) >= 11 is 1.54. The largest absolute Gasteiger partial charge is 0.480 e. The second kappa shape index (κ2) is 5.63. The number of nitrogens with zero attached hydrogens (tertiary/aromatic N) is 2. The molecule has 2 unspecified atom stereocenters. The van der Waals surface area contributed by atoms with E-state index in [-0.39, 0.29) is 11.8 Å². The van der Waals surface area contributed by atoms with Crippen LogP contribution < -0.4 is 0 Å². The van der Waals surface area contributed by atoms with Crippen molar-refractivity contribution in [2.45, 2.75) is 44.7 Å². The first-order valence-corrected chi connectivity index (χ1v) is 7.99. The maximum atomic E-state index is 12.7. The summed E-state index contributed by atoms with van der Waals surface area (Å²) < 4.78 is 0. The number of aliphatic carboxylic acids is 1. The van der Waals surface area contributed by atoms with Crippen LogP contribution in [0, 0.1) is 0 Å². The lowest BCUT2D eigenvalue weighted by Gasteiger charge is -2.35. The fourth-order valence-corrected chi connectivity index (χ4v) is 3.99. The number of hydrogen-bond acceptors (Lipinski definition) is 4. The van der Waals surface area contributed by atoms with E-state index in [4.69, 9.17) is 0 Å². The topological polar surface area (TPSA) is 77.9 Å². The van der Waals surface area contributed by atoms with Gasteiger partial charge in [0, 0.05) is 18.7 Å². The molecule has 0 bridgehead atoms. The summed E-state index contributed by atoms with van der Waals surface area (Å²) in [6.07, 6.45) is 1.52. The van der Waals surface area contributed by atoms with Gasteiger partial charge >= 0.3 is 5.97 Å². The molecule has 0 radical (unpaired) electrons. The Bertz CT molecular complexity index is 442. The molecule has 20 heavy (non-hydrogen) atoms. The minimum absolute atomic E-state index is 0.0513. The molecule has 0 saturated carbocycles. The molecule has 0 spiro atoms. The smallest absolute Gasteiger partial charge is 0.329 e. The molecule has 6 nitrogen and oxygen atoms in total. The van der Waals surface area contributed by atoms with Crippen molar-refractivity contribution in [3.8, 4) is 0 Å². The van der Waals surface area contributed by atoms with E-state index in [2.05, 4.69) is 0 Å². The van der Waals surface area contributed by atoms with Crippen molar-refractivity contribution in [3.05, 3.63) is 0 Å². The number of carbonyl (C=O) groups excluding carboxylic acids is 2. The predicted molar refractivity (Wildman–Crippen MR) is 75.2 cm³/mol. The number of thioether (sulfide) groups is 1. The van der Waals surface area contributed by atoms with Gasteiger partial charge in [-0.25, -0.2) is 4.79 Å². The Balaban J connectivity index is 2.18. The Morgan fingerprint density at radius 1 is 1.40 bits per heavy atom. The van der Waals surface area contributed by atoms with Crippen molar-refractivity contribution < 1.29 is 19.5 Å². The minimum Gasteiger partial charge on any atom is -0.480 e. The maximum Gasteiger partial charge on any atom is 0.329 e. The molecule has 0 aromatic carbocycles. The van der Waals surface area contributed by atoms with Crippen molar-refractivity contribution >= 4 is 29.5 Å². The van der Waals surface area contributed by atoms with Gasteiger partial charge in [-0.05, 0) is 19.8 Å². The van der Waals surface area contributed by atoms with E-state index < -0.39 is 17.6 Å². The van der Waals surface area contributed by atoms with Crippen LogP contribution >= 0.6 is 11.8 Å². The van der Waals surface area contributed by atoms with Gasteiger partial charge in [-0.15, -0.1) is 11.8 Å². The van der Waals surface area contributed by atoms with Crippen molar-refractivity contribution in [2.24, 2.45) is 0 Å². The van der Waals surface area contributed by atoms with Crippen LogP contribution in [0.4, 0.5) is 0 Å². The van der Waals surface area contributed by atoms with Gasteiger partial charge in [-0.1, -0.05) is 6.92 Å². The van der Waals surface area contributed by atoms with Crippen molar-refractivity contribution in [2.75, 3.05) is 18.2 Å². The molecule has 7 heteroatoms. The second-order valence-electron chi connectivity index (χ2n) is 5.41. The Kier molecular flexibility index (Phi) is 4.27. The van der Waals surface area contributed by atoms with Crippen LogP contribution in [0.3, 0.4) is 0 Å². The number of carboxylic acid groups (broad SMARTS) is 1. The molecule has 1 N–H and O–H groups in total. The SMILES string of the molecule is CCC(=O)N1CSCC1C(=O)N1CCCC1(C)C(=O)O. The molecule has 112 valence electrons. The van der Waals surface area contributed by atoms with Crippen molar-refractivity contribution in [3.63, 3.8) is 0 Å². The molecule has 0 aliphatic carbocycles. The highest BCUT2D eigenvalue weighted by molar-refractivity contribution is 7.99. The fraction of sp³-hybridized carbons (Fsp3) is 0.769. The van der Waals surface area contributed by atoms with Gasteiger partial charge in [0.15, 0.2) is 0 Å². The van der Waals surface area contributed by atoms with Crippen LogP contribution in [0.1, 0.15) is 33.1 Å². The van der Waals surface area contributed by atoms with Crippen molar-refractivity contribution in [1.82, 2.24) is 9.80 Å². The Labute approximate surface area is 122 Å². The van der Waals surface area contributed by atoms with Gasteiger partial charge in [-0.3, -0.25) is 9.59 Å². The van der Waals surface area contributed by atoms with Gasteiger partial charge in [0.05, 0.1) is 5.88 Å². The lowest BCUT2D eigenvalue weighted by molar-refractivity contribution is -0.157. The number of rotatable bonds is 3. The van der Waals surface area contributed by atoms with Gasteiger partial charge in [0.25, 0.3) is 0 Å². The maximum absolute atomic E-state index is 12.7. The zero-order chi connectivity index (χ0) is 14.9. The molecule has 2 aliphatic heterocycles. The Hall–Kier alpha value is -1.24. The van der Waals surface area contributed by atoms with Crippen LogP contribution in [0.15, 0.2) is 0 Å². The molecule has 2 heterocycles. The van der Waals surface area contributed by atoms with Gasteiger partial charge in [0.2, 0.25) is 11.8 Å². The fourth-order valence-electron chi connectivity index (χ4n) is 2.81. The molecule has 2 atom stereocenters. The summed E-state index contributed by atoms with van der Waals surface area (Å²) in [7, 11) is 0. The second-order valence-corrected chi connectivity index (χ2v) is 6.40. The zero-order valence-electron chi connectivity index (χ0n) is 11.8. The molecule has 2 aliphatic rings.